The Balaban J connectivity index is 0.000000233. The number of unbranched alkanes of at least 4 members (excludes halogenated alkanes) is 1. The molecule has 31 heavy (non-hydrogen) atoms. The summed E-state index contributed by atoms with van der Waals surface area (Å²) in [5.41, 5.74) is 2.43. The average Bonchev–Trinajstić information content (AvgIpc) is 2.74. The molecule has 0 unspecified atom stereocenters. The Morgan fingerprint density at radius 1 is 0.774 bits per heavy atom. The maximum Gasteiger partial charge on any atom is 0.138 e. The molecule has 3 aromatic carbocycles. The molecule has 0 saturated heterocycles. The van der Waals surface area contributed by atoms with Gasteiger partial charge in [0, 0.05) is 19.6 Å². The molecular formula is C25H26N2S4. The van der Waals surface area contributed by atoms with E-state index >= 15 is 0 Å². The van der Waals surface area contributed by atoms with Gasteiger partial charge in [-0.25, -0.2) is 0 Å². The number of aryl methyl sites for hydroxylation is 1. The summed E-state index contributed by atoms with van der Waals surface area (Å²) < 4.78 is 0. The highest BCUT2D eigenvalue weighted by Gasteiger charge is 1.92. The van der Waals surface area contributed by atoms with Crippen LogP contribution in [0.25, 0.3) is 0 Å². The van der Waals surface area contributed by atoms with Gasteiger partial charge in [-0.3, -0.25) is 0 Å². The number of thioether (sulfide) groups is 1. The molecule has 6 heteroatoms. The normalized spacial score (nSPS) is 9.23. The number of hydrogen-bond donors (Lipinski definition) is 3. The Kier molecular flexibility index (Phi) is 14.6. The summed E-state index contributed by atoms with van der Waals surface area (Å²) in [6.07, 6.45) is 4.19. The average molecular weight is 483 g/mol. The smallest absolute Gasteiger partial charge is 0.138 e. The fourth-order valence-corrected chi connectivity index (χ4v) is 3.70. The Labute approximate surface area is 206 Å². The van der Waals surface area contributed by atoms with Gasteiger partial charge in [-0.15, -0.1) is 37.9 Å². The van der Waals surface area contributed by atoms with Crippen molar-refractivity contribution >= 4 is 49.6 Å². The molecule has 3 rings (SSSR count). The summed E-state index contributed by atoms with van der Waals surface area (Å²) in [5.74, 6) is 0. The van der Waals surface area contributed by atoms with Gasteiger partial charge in [-0.1, -0.05) is 43.7 Å². The first kappa shape index (κ1) is 27.1. The van der Waals surface area contributed by atoms with Gasteiger partial charge < -0.3 is 0 Å². The molecule has 2 nitrogen and oxygen atoms in total. The van der Waals surface area contributed by atoms with Gasteiger partial charge in [0.05, 0.1) is 12.5 Å². The van der Waals surface area contributed by atoms with Crippen LogP contribution in [0.1, 0.15) is 30.9 Å². The standard InChI is InChI=1S/C10H14S.C8H7NS.C7H5NS2/c1-2-3-5-9-6-4-7-10(11)8-9;9-5-4-7-2-1-3-8(10)6-7;8-5-10-7-3-1-2-6(9)4-7/h4,6-8,11H,2-3,5H2,1H3;1-3,6,10H,4H2;1-4,9H. The molecule has 0 aromatic heterocycles. The van der Waals surface area contributed by atoms with Crippen LogP contribution in [0.5, 0.6) is 0 Å². The van der Waals surface area contributed by atoms with Gasteiger partial charge in [0.2, 0.25) is 0 Å². The zero-order valence-corrected chi connectivity index (χ0v) is 20.9. The second-order valence-electron chi connectivity index (χ2n) is 6.47. The highest BCUT2D eigenvalue weighted by molar-refractivity contribution is 8.03. The third-order valence-electron chi connectivity index (χ3n) is 3.90. The van der Waals surface area contributed by atoms with Crippen molar-refractivity contribution in [3.8, 4) is 11.5 Å². The van der Waals surface area contributed by atoms with E-state index in [1.54, 1.807) is 0 Å². The van der Waals surface area contributed by atoms with Crippen LogP contribution in [0.3, 0.4) is 0 Å². The van der Waals surface area contributed by atoms with Crippen LogP contribution in [0, 0.1) is 22.0 Å². The highest BCUT2D eigenvalue weighted by atomic mass is 32.2. The number of nitriles is 2. The van der Waals surface area contributed by atoms with Gasteiger partial charge in [-0.2, -0.15) is 10.5 Å². The first-order valence-corrected chi connectivity index (χ1v) is 11.9. The molecule has 0 spiro atoms. The molecule has 0 heterocycles. The summed E-state index contributed by atoms with van der Waals surface area (Å²) in [7, 11) is 0. The molecular weight excluding hydrogens is 457 g/mol. The summed E-state index contributed by atoms with van der Waals surface area (Å²) in [6, 6.07) is 25.6. The quantitative estimate of drug-likeness (QED) is 0.197. The second kappa shape index (κ2) is 16.7. The third-order valence-corrected chi connectivity index (χ3v) is 5.32. The predicted molar refractivity (Wildman–Crippen MR) is 140 cm³/mol. The molecule has 0 bridgehead atoms. The number of thiol groups is 3. The number of rotatable bonds is 5. The zero-order chi connectivity index (χ0) is 22.9. The SMILES string of the molecule is CCCCc1cccc(S)c1.N#CCc1cccc(S)c1.N#CSc1cccc(S)c1. The van der Waals surface area contributed by atoms with Crippen LogP contribution in [0.15, 0.2) is 92.4 Å². The lowest BCUT2D eigenvalue weighted by molar-refractivity contribution is 0.793. The van der Waals surface area contributed by atoms with E-state index in [1.165, 1.54) is 24.8 Å². The maximum absolute atomic E-state index is 8.34. The minimum absolute atomic E-state index is 0.467. The number of nitrogens with zero attached hydrogens (tertiary/aromatic N) is 2. The Bertz CT molecular complexity index is 949. The van der Waals surface area contributed by atoms with Crippen molar-refractivity contribution in [2.75, 3.05) is 0 Å². The Morgan fingerprint density at radius 2 is 1.32 bits per heavy atom. The zero-order valence-electron chi connectivity index (χ0n) is 17.4. The lowest BCUT2D eigenvalue weighted by atomic mass is 10.1. The molecule has 0 amide bonds. The Hall–Kier alpha value is -1.96. The number of thiocyanates is 1. The largest absolute Gasteiger partial charge is 0.198 e. The van der Waals surface area contributed by atoms with Gasteiger partial charge in [0.15, 0.2) is 0 Å². The highest BCUT2D eigenvalue weighted by Crippen LogP contribution is 2.19. The van der Waals surface area contributed by atoms with Gasteiger partial charge in [0.25, 0.3) is 0 Å². The minimum atomic E-state index is 0.467. The van der Waals surface area contributed by atoms with E-state index in [9.17, 15) is 0 Å². The first-order chi connectivity index (χ1) is 15.0. The lowest BCUT2D eigenvalue weighted by Crippen LogP contribution is -1.83. The maximum atomic E-state index is 8.34. The van der Waals surface area contributed by atoms with Crippen LogP contribution in [0.4, 0.5) is 0 Å². The molecule has 0 saturated carbocycles. The fraction of sp³-hybridized carbons (Fsp3) is 0.200. The van der Waals surface area contributed by atoms with Crippen LogP contribution in [-0.2, 0) is 12.8 Å². The molecule has 0 aliphatic carbocycles. The van der Waals surface area contributed by atoms with Gasteiger partial charge >= 0.3 is 0 Å². The summed E-state index contributed by atoms with van der Waals surface area (Å²) in [4.78, 5) is 3.81. The number of benzene rings is 3. The van der Waals surface area contributed by atoms with Crippen molar-refractivity contribution in [2.45, 2.75) is 52.2 Å². The second-order valence-corrected chi connectivity index (χ2v) is 8.88. The monoisotopic (exact) mass is 482 g/mol. The van der Waals surface area contributed by atoms with E-state index in [0.29, 0.717) is 6.42 Å². The van der Waals surface area contributed by atoms with Crippen LogP contribution >= 0.6 is 49.6 Å². The Morgan fingerprint density at radius 3 is 1.84 bits per heavy atom. The van der Waals surface area contributed by atoms with Crippen LogP contribution < -0.4 is 0 Å². The molecule has 160 valence electrons. The van der Waals surface area contributed by atoms with Crippen molar-refractivity contribution in [1.29, 1.82) is 10.5 Å². The minimum Gasteiger partial charge on any atom is -0.198 e. The van der Waals surface area contributed by atoms with Crippen molar-refractivity contribution in [3.63, 3.8) is 0 Å². The molecule has 3 aromatic rings. The first-order valence-electron chi connectivity index (χ1n) is 9.76. The van der Waals surface area contributed by atoms with Crippen molar-refractivity contribution in [1.82, 2.24) is 0 Å². The van der Waals surface area contributed by atoms with Crippen LogP contribution in [0.2, 0.25) is 0 Å². The van der Waals surface area contributed by atoms with E-state index in [4.69, 9.17) is 10.5 Å². The van der Waals surface area contributed by atoms with Crippen molar-refractivity contribution in [2.24, 2.45) is 0 Å². The van der Waals surface area contributed by atoms with Crippen molar-refractivity contribution < 1.29 is 0 Å². The van der Waals surface area contributed by atoms with E-state index in [-0.39, 0.29) is 0 Å². The summed E-state index contributed by atoms with van der Waals surface area (Å²) in [6.45, 7) is 2.21. The lowest BCUT2D eigenvalue weighted by Gasteiger charge is -1.99. The molecule has 0 atom stereocenters. The van der Waals surface area contributed by atoms with Crippen molar-refractivity contribution in [3.05, 3.63) is 83.9 Å². The van der Waals surface area contributed by atoms with E-state index < -0.39 is 0 Å². The molecule has 0 N–H and O–H groups in total. The van der Waals surface area contributed by atoms with E-state index in [2.05, 4.69) is 69.1 Å². The predicted octanol–water partition coefficient (Wildman–Crippen LogP) is 7.91. The number of hydrogen-bond acceptors (Lipinski definition) is 6. The fourth-order valence-electron chi connectivity index (χ4n) is 2.45. The van der Waals surface area contributed by atoms with Gasteiger partial charge in [0.1, 0.15) is 5.40 Å². The van der Waals surface area contributed by atoms with E-state index in [0.717, 1.165) is 36.9 Å². The molecule has 0 fully saturated rings. The van der Waals surface area contributed by atoms with E-state index in [1.807, 2.05) is 60.0 Å². The third kappa shape index (κ3) is 13.1. The molecule has 0 radical (unpaired) electrons. The van der Waals surface area contributed by atoms with Crippen LogP contribution in [-0.4, -0.2) is 0 Å². The summed E-state index contributed by atoms with van der Waals surface area (Å²) >= 11 is 13.7. The van der Waals surface area contributed by atoms with Gasteiger partial charge in [-0.05, 0) is 78.2 Å². The molecule has 0 aliphatic heterocycles. The summed E-state index contributed by atoms with van der Waals surface area (Å²) in [5, 5.41) is 18.6. The molecule has 0 aliphatic rings. The topological polar surface area (TPSA) is 47.6 Å².